The lowest BCUT2D eigenvalue weighted by Crippen LogP contribution is -2.04. The lowest BCUT2D eigenvalue weighted by Gasteiger charge is -2.10. The maximum Gasteiger partial charge on any atom is 0.387 e. The van der Waals surface area contributed by atoms with Crippen molar-refractivity contribution in [2.75, 3.05) is 0 Å². The second kappa shape index (κ2) is 5.15. The number of phenolic OH excluding ortho intramolecular Hbond substituents is 1. The van der Waals surface area contributed by atoms with Gasteiger partial charge in [-0.05, 0) is 18.1 Å². The van der Waals surface area contributed by atoms with E-state index < -0.39 is 6.61 Å². The highest BCUT2D eigenvalue weighted by molar-refractivity contribution is 5.45. The topological polar surface area (TPSA) is 53.2 Å². The second-order valence-corrected chi connectivity index (χ2v) is 2.80. The van der Waals surface area contributed by atoms with Crippen LogP contribution in [0.3, 0.4) is 0 Å². The molecule has 0 saturated carbocycles. The first-order valence-corrected chi connectivity index (χ1v) is 4.27. The second-order valence-electron chi connectivity index (χ2n) is 2.80. The zero-order chi connectivity index (χ0) is 11.3. The van der Waals surface area contributed by atoms with Crippen LogP contribution in [0, 0.1) is 11.3 Å². The van der Waals surface area contributed by atoms with Crippen LogP contribution in [0.15, 0.2) is 18.2 Å². The molecule has 1 rings (SSSR count). The Bertz CT molecular complexity index is 374. The molecule has 1 aromatic carbocycles. The van der Waals surface area contributed by atoms with E-state index in [-0.39, 0.29) is 24.3 Å². The molecule has 0 bridgehead atoms. The molecular formula is C10H9F2NO2. The van der Waals surface area contributed by atoms with E-state index in [1.54, 1.807) is 0 Å². The molecule has 0 spiro atoms. The van der Waals surface area contributed by atoms with Crippen LogP contribution >= 0.6 is 0 Å². The van der Waals surface area contributed by atoms with E-state index in [9.17, 15) is 13.9 Å². The molecule has 80 valence electrons. The van der Waals surface area contributed by atoms with Gasteiger partial charge in [-0.1, -0.05) is 12.1 Å². The highest BCUT2D eigenvalue weighted by atomic mass is 19.3. The third kappa shape index (κ3) is 3.09. The first-order chi connectivity index (χ1) is 7.15. The summed E-state index contributed by atoms with van der Waals surface area (Å²) < 4.78 is 28.2. The first kappa shape index (κ1) is 11.2. The quantitative estimate of drug-likeness (QED) is 0.835. The van der Waals surface area contributed by atoms with Gasteiger partial charge in [0, 0.05) is 6.42 Å². The van der Waals surface area contributed by atoms with E-state index in [2.05, 4.69) is 4.74 Å². The Labute approximate surface area is 85.5 Å². The molecule has 15 heavy (non-hydrogen) atoms. The molecule has 5 heteroatoms. The number of halogens is 2. The summed E-state index contributed by atoms with van der Waals surface area (Å²) in [4.78, 5) is 0. The Morgan fingerprint density at radius 2 is 2.20 bits per heavy atom. The first-order valence-electron chi connectivity index (χ1n) is 4.27. The van der Waals surface area contributed by atoms with E-state index >= 15 is 0 Å². The van der Waals surface area contributed by atoms with Crippen LogP contribution in [0.5, 0.6) is 11.5 Å². The highest BCUT2D eigenvalue weighted by Gasteiger charge is 2.13. The third-order valence-corrected chi connectivity index (χ3v) is 1.79. The number of nitriles is 1. The fourth-order valence-electron chi connectivity index (χ4n) is 1.18. The van der Waals surface area contributed by atoms with Gasteiger partial charge >= 0.3 is 6.61 Å². The molecule has 0 aliphatic carbocycles. The van der Waals surface area contributed by atoms with Crippen LogP contribution in [0.1, 0.15) is 12.0 Å². The van der Waals surface area contributed by atoms with Crippen LogP contribution in [-0.4, -0.2) is 11.7 Å². The standard InChI is InChI=1S/C10H9F2NO2/c11-10(12)15-9-7(4-2-6-13)3-1-5-8(9)14/h1,3,5,10,14H,2,4H2. The zero-order valence-corrected chi connectivity index (χ0v) is 7.78. The number of nitrogens with zero attached hydrogens (tertiary/aromatic N) is 1. The summed E-state index contributed by atoms with van der Waals surface area (Å²) in [7, 11) is 0. The van der Waals surface area contributed by atoms with Crippen LogP contribution in [0.2, 0.25) is 0 Å². The van der Waals surface area contributed by atoms with Crippen molar-refractivity contribution >= 4 is 0 Å². The molecular weight excluding hydrogens is 204 g/mol. The van der Waals surface area contributed by atoms with E-state index in [0.717, 1.165) is 0 Å². The monoisotopic (exact) mass is 213 g/mol. The van der Waals surface area contributed by atoms with Gasteiger partial charge in [0.2, 0.25) is 0 Å². The molecule has 0 aliphatic rings. The molecule has 0 amide bonds. The highest BCUT2D eigenvalue weighted by Crippen LogP contribution is 2.32. The Kier molecular flexibility index (Phi) is 3.86. The van der Waals surface area contributed by atoms with Gasteiger partial charge in [0.15, 0.2) is 11.5 Å². The number of aryl methyl sites for hydroxylation is 1. The summed E-state index contributed by atoms with van der Waals surface area (Å²) in [6, 6.07) is 6.20. The minimum Gasteiger partial charge on any atom is -0.504 e. The number of alkyl halides is 2. The largest absolute Gasteiger partial charge is 0.504 e. The van der Waals surface area contributed by atoms with Gasteiger partial charge in [0.25, 0.3) is 0 Å². The molecule has 0 atom stereocenters. The molecule has 3 nitrogen and oxygen atoms in total. The summed E-state index contributed by atoms with van der Waals surface area (Å²) in [5.74, 6) is -0.589. The summed E-state index contributed by atoms with van der Waals surface area (Å²) in [6.45, 7) is -2.99. The van der Waals surface area contributed by atoms with Gasteiger partial charge in [-0.3, -0.25) is 0 Å². The van der Waals surface area contributed by atoms with Gasteiger partial charge in [0.05, 0.1) is 6.07 Å². The lowest BCUT2D eigenvalue weighted by molar-refractivity contribution is -0.0518. The van der Waals surface area contributed by atoms with Gasteiger partial charge in [-0.2, -0.15) is 14.0 Å². The molecule has 1 aromatic rings. The predicted octanol–water partition coefficient (Wildman–Crippen LogP) is 2.45. The van der Waals surface area contributed by atoms with Crippen molar-refractivity contribution in [3.8, 4) is 17.6 Å². The number of hydrogen-bond acceptors (Lipinski definition) is 3. The number of rotatable bonds is 4. The number of para-hydroxylation sites is 1. The normalized spacial score (nSPS) is 10.0. The minimum absolute atomic E-state index is 0.184. The van der Waals surface area contributed by atoms with Crippen molar-refractivity contribution in [1.82, 2.24) is 0 Å². The van der Waals surface area contributed by atoms with E-state index in [1.165, 1.54) is 18.2 Å². The van der Waals surface area contributed by atoms with Crippen LogP contribution < -0.4 is 4.74 Å². The van der Waals surface area contributed by atoms with Crippen molar-refractivity contribution in [3.63, 3.8) is 0 Å². The molecule has 0 fully saturated rings. The van der Waals surface area contributed by atoms with Crippen LogP contribution in [0.4, 0.5) is 8.78 Å². The Morgan fingerprint density at radius 1 is 1.47 bits per heavy atom. The van der Waals surface area contributed by atoms with Crippen LogP contribution in [0.25, 0.3) is 0 Å². The molecule has 1 N–H and O–H groups in total. The van der Waals surface area contributed by atoms with Gasteiger partial charge in [-0.25, -0.2) is 0 Å². The summed E-state index contributed by atoms with van der Waals surface area (Å²) in [6.07, 6.45) is 0.454. The maximum absolute atomic E-state index is 12.0. The average Bonchev–Trinajstić information content (AvgIpc) is 2.18. The fourth-order valence-corrected chi connectivity index (χ4v) is 1.18. The lowest BCUT2D eigenvalue weighted by atomic mass is 10.1. The van der Waals surface area contributed by atoms with Crippen molar-refractivity contribution < 1.29 is 18.6 Å². The molecule has 0 saturated heterocycles. The van der Waals surface area contributed by atoms with Crippen molar-refractivity contribution in [1.29, 1.82) is 5.26 Å². The van der Waals surface area contributed by atoms with Crippen LogP contribution in [-0.2, 0) is 6.42 Å². The minimum atomic E-state index is -2.99. The summed E-state index contributed by atoms with van der Waals surface area (Å²) >= 11 is 0. The van der Waals surface area contributed by atoms with E-state index in [1.807, 2.05) is 6.07 Å². The Balaban J connectivity index is 2.93. The van der Waals surface area contributed by atoms with Gasteiger partial charge < -0.3 is 9.84 Å². The molecule has 0 aliphatic heterocycles. The van der Waals surface area contributed by atoms with Gasteiger partial charge in [0.1, 0.15) is 0 Å². The van der Waals surface area contributed by atoms with Crippen molar-refractivity contribution in [2.45, 2.75) is 19.5 Å². The van der Waals surface area contributed by atoms with Crippen molar-refractivity contribution in [2.24, 2.45) is 0 Å². The maximum atomic E-state index is 12.0. The number of aromatic hydroxyl groups is 1. The third-order valence-electron chi connectivity index (χ3n) is 1.79. The van der Waals surface area contributed by atoms with Gasteiger partial charge in [-0.15, -0.1) is 0 Å². The molecule has 0 radical (unpaired) electrons. The van der Waals surface area contributed by atoms with E-state index in [0.29, 0.717) is 5.56 Å². The summed E-state index contributed by atoms with van der Waals surface area (Å²) in [5.41, 5.74) is 0.400. The Morgan fingerprint density at radius 3 is 2.80 bits per heavy atom. The smallest absolute Gasteiger partial charge is 0.387 e. The predicted molar refractivity (Wildman–Crippen MR) is 48.7 cm³/mol. The summed E-state index contributed by atoms with van der Waals surface area (Å²) in [5, 5.41) is 17.7. The zero-order valence-electron chi connectivity index (χ0n) is 7.78. The SMILES string of the molecule is N#CCCc1cccc(O)c1OC(F)F. The molecule has 0 aromatic heterocycles. The molecule has 0 heterocycles. The fraction of sp³-hybridized carbons (Fsp3) is 0.300. The Hall–Kier alpha value is -1.83. The average molecular weight is 213 g/mol. The number of ether oxygens (including phenoxy) is 1. The number of hydrogen-bond donors (Lipinski definition) is 1. The number of phenols is 1. The van der Waals surface area contributed by atoms with E-state index in [4.69, 9.17) is 5.26 Å². The van der Waals surface area contributed by atoms with Crippen molar-refractivity contribution in [3.05, 3.63) is 23.8 Å². The molecule has 0 unspecified atom stereocenters. The number of benzene rings is 1.